The maximum atomic E-state index is 12.2. The van der Waals surface area contributed by atoms with E-state index in [-0.39, 0.29) is 5.91 Å². The van der Waals surface area contributed by atoms with Crippen molar-refractivity contribution in [1.29, 1.82) is 0 Å². The van der Waals surface area contributed by atoms with Crippen molar-refractivity contribution in [2.24, 2.45) is 0 Å². The van der Waals surface area contributed by atoms with E-state index in [1.807, 2.05) is 42.3 Å². The molecule has 3 rings (SSSR count). The van der Waals surface area contributed by atoms with Gasteiger partial charge in [-0.2, -0.15) is 0 Å². The van der Waals surface area contributed by atoms with Crippen LogP contribution in [0.2, 0.25) is 0 Å². The van der Waals surface area contributed by atoms with Crippen molar-refractivity contribution in [2.45, 2.75) is 32.1 Å². The highest BCUT2D eigenvalue weighted by atomic mass is 16.1. The minimum atomic E-state index is -0.120. The van der Waals surface area contributed by atoms with Crippen LogP contribution in [-0.2, 0) is 0 Å². The topological polar surface area (TPSA) is 58.1 Å². The van der Waals surface area contributed by atoms with Crippen molar-refractivity contribution < 1.29 is 4.79 Å². The van der Waals surface area contributed by atoms with Crippen LogP contribution in [0.5, 0.6) is 0 Å². The maximum absolute atomic E-state index is 12.2. The molecule has 1 amide bonds. The second-order valence-corrected chi connectivity index (χ2v) is 6.28. The van der Waals surface area contributed by atoms with Crippen molar-refractivity contribution in [1.82, 2.24) is 15.3 Å². The summed E-state index contributed by atoms with van der Waals surface area (Å²) in [6.07, 6.45) is 11.3. The van der Waals surface area contributed by atoms with Crippen LogP contribution in [0.15, 0.2) is 54.4 Å². The number of para-hydroxylation sites is 1. The SMILES string of the molecule is CN(c1ccccc1)c1ncc(C(=O)NCCC2=CCCCC2)cn1. The molecule has 0 saturated heterocycles. The highest BCUT2D eigenvalue weighted by molar-refractivity contribution is 5.93. The molecule has 0 radical (unpaired) electrons. The zero-order chi connectivity index (χ0) is 17.5. The number of amides is 1. The first kappa shape index (κ1) is 17.1. The van der Waals surface area contributed by atoms with E-state index in [0.29, 0.717) is 18.1 Å². The third-order valence-electron chi connectivity index (χ3n) is 4.46. The standard InChI is InChI=1S/C20H24N4O/c1-24(18-10-6-3-7-11-18)20-22-14-17(15-23-20)19(25)21-13-12-16-8-4-2-5-9-16/h3,6-8,10-11,14-15H,2,4-5,9,12-13H2,1H3,(H,21,25). The van der Waals surface area contributed by atoms with Gasteiger partial charge in [-0.3, -0.25) is 4.79 Å². The van der Waals surface area contributed by atoms with Crippen LogP contribution in [0.25, 0.3) is 0 Å². The van der Waals surface area contributed by atoms with Gasteiger partial charge in [0.2, 0.25) is 5.95 Å². The maximum Gasteiger partial charge on any atom is 0.254 e. The van der Waals surface area contributed by atoms with Crippen molar-refractivity contribution in [3.63, 3.8) is 0 Å². The molecule has 1 aliphatic rings. The number of allylic oxidation sites excluding steroid dienone is 1. The first-order valence-electron chi connectivity index (χ1n) is 8.81. The molecule has 1 aliphatic carbocycles. The van der Waals surface area contributed by atoms with Crippen molar-refractivity contribution >= 4 is 17.5 Å². The highest BCUT2D eigenvalue weighted by Gasteiger charge is 2.10. The molecule has 0 unspecified atom stereocenters. The van der Waals surface area contributed by atoms with E-state index in [2.05, 4.69) is 21.4 Å². The van der Waals surface area contributed by atoms with Crippen molar-refractivity contribution in [2.75, 3.05) is 18.5 Å². The minimum absolute atomic E-state index is 0.120. The second-order valence-electron chi connectivity index (χ2n) is 6.28. The summed E-state index contributed by atoms with van der Waals surface area (Å²) < 4.78 is 0. The number of benzene rings is 1. The Morgan fingerprint density at radius 2 is 1.92 bits per heavy atom. The van der Waals surface area contributed by atoms with E-state index in [4.69, 9.17) is 0 Å². The normalized spacial score (nSPS) is 13.9. The lowest BCUT2D eigenvalue weighted by Crippen LogP contribution is -2.25. The van der Waals surface area contributed by atoms with Gasteiger partial charge >= 0.3 is 0 Å². The lowest BCUT2D eigenvalue weighted by Gasteiger charge is -2.17. The first-order valence-corrected chi connectivity index (χ1v) is 8.81. The third-order valence-corrected chi connectivity index (χ3v) is 4.46. The predicted octanol–water partition coefficient (Wildman–Crippen LogP) is 3.86. The second kappa shape index (κ2) is 8.42. The fourth-order valence-corrected chi connectivity index (χ4v) is 2.95. The van der Waals surface area contributed by atoms with Crippen molar-refractivity contribution in [3.8, 4) is 0 Å². The number of nitrogens with one attached hydrogen (secondary N) is 1. The Morgan fingerprint density at radius 1 is 1.16 bits per heavy atom. The minimum Gasteiger partial charge on any atom is -0.352 e. The molecule has 5 heteroatoms. The highest BCUT2D eigenvalue weighted by Crippen LogP contribution is 2.20. The first-order chi connectivity index (χ1) is 12.2. The summed E-state index contributed by atoms with van der Waals surface area (Å²) in [7, 11) is 1.91. The van der Waals surface area contributed by atoms with Gasteiger partial charge < -0.3 is 10.2 Å². The molecule has 0 spiro atoms. The van der Waals surface area contributed by atoms with Gasteiger partial charge in [0.15, 0.2) is 0 Å². The Balaban J connectivity index is 1.54. The zero-order valence-electron chi connectivity index (χ0n) is 14.6. The van der Waals surface area contributed by atoms with E-state index in [1.54, 1.807) is 12.4 Å². The number of nitrogens with zero attached hydrogens (tertiary/aromatic N) is 3. The molecule has 25 heavy (non-hydrogen) atoms. The molecule has 0 bridgehead atoms. The number of rotatable bonds is 6. The summed E-state index contributed by atoms with van der Waals surface area (Å²) in [5, 5.41) is 2.95. The molecule has 1 aromatic heterocycles. The summed E-state index contributed by atoms with van der Waals surface area (Å²) in [4.78, 5) is 22.7. The van der Waals surface area contributed by atoms with E-state index in [9.17, 15) is 4.79 Å². The van der Waals surface area contributed by atoms with Gasteiger partial charge in [0.05, 0.1) is 5.56 Å². The molecule has 5 nitrogen and oxygen atoms in total. The van der Waals surface area contributed by atoms with E-state index in [1.165, 1.54) is 31.3 Å². The molecular weight excluding hydrogens is 312 g/mol. The van der Waals surface area contributed by atoms with E-state index < -0.39 is 0 Å². The predicted molar refractivity (Wildman–Crippen MR) is 100 cm³/mol. The Hall–Kier alpha value is -2.69. The number of hydrogen-bond acceptors (Lipinski definition) is 4. The Labute approximate surface area is 148 Å². The average Bonchev–Trinajstić information content (AvgIpc) is 2.69. The van der Waals surface area contributed by atoms with Gasteiger partial charge in [0.25, 0.3) is 5.91 Å². The fraction of sp³-hybridized carbons (Fsp3) is 0.350. The van der Waals surface area contributed by atoms with Gasteiger partial charge in [0, 0.05) is 31.7 Å². The molecule has 1 aromatic carbocycles. The fourth-order valence-electron chi connectivity index (χ4n) is 2.95. The van der Waals surface area contributed by atoms with Gasteiger partial charge in [-0.15, -0.1) is 0 Å². The Bertz CT molecular complexity index is 725. The number of anilines is 2. The van der Waals surface area contributed by atoms with Gasteiger partial charge in [0.1, 0.15) is 0 Å². The summed E-state index contributed by atoms with van der Waals surface area (Å²) in [6, 6.07) is 9.88. The Kier molecular flexibility index (Phi) is 5.77. The summed E-state index contributed by atoms with van der Waals surface area (Å²) in [5.41, 5.74) is 2.95. The summed E-state index contributed by atoms with van der Waals surface area (Å²) in [5.74, 6) is 0.445. The number of aromatic nitrogens is 2. The zero-order valence-corrected chi connectivity index (χ0v) is 14.6. The number of carbonyl (C=O) groups is 1. The van der Waals surface area contributed by atoms with Gasteiger partial charge in [-0.05, 0) is 44.2 Å². The number of hydrogen-bond donors (Lipinski definition) is 1. The monoisotopic (exact) mass is 336 g/mol. The molecule has 1 heterocycles. The van der Waals surface area contributed by atoms with Crippen LogP contribution in [0.1, 0.15) is 42.5 Å². The van der Waals surface area contributed by atoms with Crippen molar-refractivity contribution in [3.05, 3.63) is 59.9 Å². The van der Waals surface area contributed by atoms with E-state index >= 15 is 0 Å². The van der Waals surface area contributed by atoms with Crippen LogP contribution in [0.3, 0.4) is 0 Å². The quantitative estimate of drug-likeness (QED) is 0.814. The lowest BCUT2D eigenvalue weighted by molar-refractivity contribution is 0.0953. The molecule has 130 valence electrons. The Morgan fingerprint density at radius 3 is 2.60 bits per heavy atom. The largest absolute Gasteiger partial charge is 0.352 e. The third kappa shape index (κ3) is 4.66. The molecule has 2 aromatic rings. The molecule has 0 saturated carbocycles. The van der Waals surface area contributed by atoms with Crippen LogP contribution >= 0.6 is 0 Å². The molecule has 0 atom stereocenters. The lowest BCUT2D eigenvalue weighted by atomic mass is 9.97. The van der Waals surface area contributed by atoms with Crippen LogP contribution in [-0.4, -0.2) is 29.5 Å². The molecular formula is C20H24N4O. The van der Waals surface area contributed by atoms with Gasteiger partial charge in [-0.25, -0.2) is 9.97 Å². The van der Waals surface area contributed by atoms with E-state index in [0.717, 1.165) is 12.1 Å². The molecule has 0 fully saturated rings. The van der Waals surface area contributed by atoms with Crippen LogP contribution in [0.4, 0.5) is 11.6 Å². The summed E-state index contributed by atoms with van der Waals surface area (Å²) in [6.45, 7) is 0.663. The average molecular weight is 336 g/mol. The van der Waals surface area contributed by atoms with Crippen LogP contribution < -0.4 is 10.2 Å². The molecule has 0 aliphatic heterocycles. The molecule has 1 N–H and O–H groups in total. The summed E-state index contributed by atoms with van der Waals surface area (Å²) >= 11 is 0. The number of carbonyl (C=O) groups excluding carboxylic acids is 1. The van der Waals surface area contributed by atoms with Gasteiger partial charge in [-0.1, -0.05) is 29.8 Å². The van der Waals surface area contributed by atoms with Crippen LogP contribution in [0, 0.1) is 0 Å². The smallest absolute Gasteiger partial charge is 0.254 e.